The molecule has 1 aliphatic rings. The first-order valence-corrected chi connectivity index (χ1v) is 7.30. The predicted molar refractivity (Wildman–Crippen MR) is 78.6 cm³/mol. The van der Waals surface area contributed by atoms with Crippen LogP contribution in [0.25, 0.3) is 0 Å². The van der Waals surface area contributed by atoms with Gasteiger partial charge in [-0.25, -0.2) is 4.39 Å². The van der Waals surface area contributed by atoms with E-state index < -0.39 is 6.10 Å². The second-order valence-electron chi connectivity index (χ2n) is 5.69. The summed E-state index contributed by atoms with van der Waals surface area (Å²) in [6, 6.07) is 3.58. The van der Waals surface area contributed by atoms with Gasteiger partial charge in [-0.2, -0.15) is 0 Å². The summed E-state index contributed by atoms with van der Waals surface area (Å²) >= 11 is 0. The van der Waals surface area contributed by atoms with E-state index in [1.807, 2.05) is 13.0 Å². The fourth-order valence-corrected chi connectivity index (χ4v) is 2.74. The lowest BCUT2D eigenvalue weighted by molar-refractivity contribution is 0.0297. The Morgan fingerprint density at radius 1 is 1.50 bits per heavy atom. The average molecular weight is 281 g/mol. The number of nitrogens with zero attached hydrogens (tertiary/aromatic N) is 1. The Kier molecular flexibility index (Phi) is 4.66. The molecule has 1 aromatic carbocycles. The third kappa shape index (κ3) is 2.96. The molecule has 2 unspecified atom stereocenters. The first kappa shape index (κ1) is 15.3. The van der Waals surface area contributed by atoms with Gasteiger partial charge in [0.2, 0.25) is 0 Å². The topological polar surface area (TPSA) is 32.7 Å². The summed E-state index contributed by atoms with van der Waals surface area (Å²) in [4.78, 5) is 2.25. The van der Waals surface area contributed by atoms with Gasteiger partial charge >= 0.3 is 0 Å². The molecule has 1 aliphatic heterocycles. The van der Waals surface area contributed by atoms with Crippen molar-refractivity contribution in [2.75, 3.05) is 18.1 Å². The lowest BCUT2D eigenvalue weighted by Gasteiger charge is -2.41. The van der Waals surface area contributed by atoms with Crippen molar-refractivity contribution in [2.24, 2.45) is 0 Å². The minimum absolute atomic E-state index is 0.144. The quantitative estimate of drug-likeness (QED) is 0.923. The summed E-state index contributed by atoms with van der Waals surface area (Å²) in [5, 5.41) is 9.95. The second kappa shape index (κ2) is 6.10. The highest BCUT2D eigenvalue weighted by Crippen LogP contribution is 2.32. The minimum Gasteiger partial charge on any atom is -0.389 e. The van der Waals surface area contributed by atoms with Gasteiger partial charge in [-0.15, -0.1) is 0 Å². The number of hydrogen-bond acceptors (Lipinski definition) is 3. The van der Waals surface area contributed by atoms with E-state index in [1.165, 1.54) is 6.07 Å². The molecule has 0 saturated carbocycles. The van der Waals surface area contributed by atoms with Gasteiger partial charge in [0.1, 0.15) is 5.82 Å². The molecule has 2 rings (SSSR count). The van der Waals surface area contributed by atoms with E-state index in [2.05, 4.69) is 11.8 Å². The van der Waals surface area contributed by atoms with Crippen molar-refractivity contribution in [3.05, 3.63) is 29.1 Å². The van der Waals surface area contributed by atoms with Gasteiger partial charge in [-0.05, 0) is 44.9 Å². The van der Waals surface area contributed by atoms with Crippen LogP contribution in [-0.2, 0) is 4.74 Å². The molecule has 0 aliphatic carbocycles. The van der Waals surface area contributed by atoms with E-state index in [4.69, 9.17) is 4.74 Å². The summed E-state index contributed by atoms with van der Waals surface area (Å²) in [6.07, 6.45) is 0.420. The molecule has 1 saturated heterocycles. The molecule has 20 heavy (non-hydrogen) atoms. The number of morpholine rings is 1. The van der Waals surface area contributed by atoms with Crippen LogP contribution in [0.15, 0.2) is 12.1 Å². The Hall–Kier alpha value is -1.13. The molecule has 1 N–H and O–H groups in total. The van der Waals surface area contributed by atoms with Crippen molar-refractivity contribution >= 4 is 5.69 Å². The van der Waals surface area contributed by atoms with E-state index >= 15 is 0 Å². The maximum atomic E-state index is 13.8. The van der Waals surface area contributed by atoms with Crippen molar-refractivity contribution < 1.29 is 14.2 Å². The van der Waals surface area contributed by atoms with Gasteiger partial charge in [0.15, 0.2) is 0 Å². The van der Waals surface area contributed by atoms with Crippen LogP contribution in [0.1, 0.15) is 44.4 Å². The first-order valence-electron chi connectivity index (χ1n) is 7.30. The third-order valence-electron chi connectivity index (χ3n) is 4.01. The summed E-state index contributed by atoms with van der Waals surface area (Å²) in [5.74, 6) is -0.265. The molecule has 0 spiro atoms. The molecule has 3 atom stereocenters. The SMILES string of the molecule is CCC1COC(C)CN1c1cc(C)c(F)cc1[C@@H](C)O. The van der Waals surface area contributed by atoms with Gasteiger partial charge in [-0.3, -0.25) is 0 Å². The molecule has 0 amide bonds. The molecule has 1 fully saturated rings. The molecule has 4 heteroatoms. The average Bonchev–Trinajstić information content (AvgIpc) is 2.41. The van der Waals surface area contributed by atoms with Crippen LogP contribution in [0.3, 0.4) is 0 Å². The van der Waals surface area contributed by atoms with Crippen molar-refractivity contribution in [2.45, 2.75) is 52.4 Å². The Labute approximate surface area is 120 Å². The number of ether oxygens (including phenoxy) is 1. The summed E-state index contributed by atoms with van der Waals surface area (Å²) in [6.45, 7) is 9.04. The molecular formula is C16H24FNO2. The molecule has 112 valence electrons. The van der Waals surface area contributed by atoms with E-state index in [9.17, 15) is 9.50 Å². The molecule has 0 radical (unpaired) electrons. The van der Waals surface area contributed by atoms with Crippen LogP contribution >= 0.6 is 0 Å². The molecular weight excluding hydrogens is 257 g/mol. The Balaban J connectivity index is 2.45. The number of hydrogen-bond donors (Lipinski definition) is 1. The van der Waals surface area contributed by atoms with Gasteiger partial charge < -0.3 is 14.7 Å². The van der Waals surface area contributed by atoms with Crippen LogP contribution in [-0.4, -0.2) is 30.4 Å². The minimum atomic E-state index is -0.684. The summed E-state index contributed by atoms with van der Waals surface area (Å²) in [7, 11) is 0. The predicted octanol–water partition coefficient (Wildman–Crippen LogP) is 3.19. The molecule has 1 aromatic rings. The number of aliphatic hydroxyl groups excluding tert-OH is 1. The molecule has 0 aromatic heterocycles. The largest absolute Gasteiger partial charge is 0.389 e. The van der Waals surface area contributed by atoms with E-state index in [0.717, 1.165) is 18.7 Å². The highest BCUT2D eigenvalue weighted by Gasteiger charge is 2.28. The highest BCUT2D eigenvalue weighted by molar-refractivity contribution is 5.58. The summed E-state index contributed by atoms with van der Waals surface area (Å²) < 4.78 is 19.5. The van der Waals surface area contributed by atoms with Crippen LogP contribution < -0.4 is 4.90 Å². The van der Waals surface area contributed by atoms with E-state index in [0.29, 0.717) is 17.7 Å². The maximum absolute atomic E-state index is 13.8. The smallest absolute Gasteiger partial charge is 0.126 e. The summed E-state index contributed by atoms with van der Waals surface area (Å²) in [5.41, 5.74) is 2.19. The van der Waals surface area contributed by atoms with Crippen LogP contribution in [0, 0.1) is 12.7 Å². The van der Waals surface area contributed by atoms with Crippen LogP contribution in [0.2, 0.25) is 0 Å². The van der Waals surface area contributed by atoms with Crippen molar-refractivity contribution in [1.29, 1.82) is 0 Å². The zero-order valence-corrected chi connectivity index (χ0v) is 12.7. The van der Waals surface area contributed by atoms with Gasteiger partial charge in [0, 0.05) is 17.8 Å². The van der Waals surface area contributed by atoms with Crippen LogP contribution in [0.4, 0.5) is 10.1 Å². The normalized spacial score (nSPS) is 24.8. The van der Waals surface area contributed by atoms with Crippen LogP contribution in [0.5, 0.6) is 0 Å². The van der Waals surface area contributed by atoms with Gasteiger partial charge in [0.25, 0.3) is 0 Å². The number of benzene rings is 1. The number of halogens is 1. The third-order valence-corrected chi connectivity index (χ3v) is 4.01. The number of rotatable bonds is 3. The van der Waals surface area contributed by atoms with E-state index in [1.54, 1.807) is 13.8 Å². The molecule has 1 heterocycles. The monoisotopic (exact) mass is 281 g/mol. The maximum Gasteiger partial charge on any atom is 0.126 e. The Morgan fingerprint density at radius 2 is 2.20 bits per heavy atom. The zero-order chi connectivity index (χ0) is 14.9. The van der Waals surface area contributed by atoms with E-state index in [-0.39, 0.29) is 18.0 Å². The lowest BCUT2D eigenvalue weighted by Crippen LogP contribution is -2.49. The Bertz CT molecular complexity index is 476. The zero-order valence-electron chi connectivity index (χ0n) is 12.7. The van der Waals surface area contributed by atoms with Crippen molar-refractivity contribution in [3.8, 4) is 0 Å². The van der Waals surface area contributed by atoms with Crippen molar-refractivity contribution in [1.82, 2.24) is 0 Å². The lowest BCUT2D eigenvalue weighted by atomic mass is 10.0. The molecule has 0 bridgehead atoms. The van der Waals surface area contributed by atoms with Gasteiger partial charge in [-0.1, -0.05) is 6.92 Å². The Morgan fingerprint density at radius 3 is 2.80 bits per heavy atom. The second-order valence-corrected chi connectivity index (χ2v) is 5.69. The fraction of sp³-hybridized carbons (Fsp3) is 0.625. The number of aliphatic hydroxyl groups is 1. The van der Waals surface area contributed by atoms with Crippen molar-refractivity contribution in [3.63, 3.8) is 0 Å². The standard InChI is InChI=1S/C16H24FNO2/c1-5-13-9-20-11(3)8-18(13)16-6-10(2)15(17)7-14(16)12(4)19/h6-7,11-13,19H,5,8-9H2,1-4H3/t11?,12-,13?/m1/s1. The first-order chi connectivity index (χ1) is 9.43. The van der Waals surface area contributed by atoms with Gasteiger partial charge in [0.05, 0.1) is 24.9 Å². The number of anilines is 1. The molecule has 3 nitrogen and oxygen atoms in total. The fourth-order valence-electron chi connectivity index (χ4n) is 2.74. The highest BCUT2D eigenvalue weighted by atomic mass is 19.1. The number of aryl methyl sites for hydroxylation is 1.